The number of hydrogen-bond donors (Lipinski definition) is 2. The predicted molar refractivity (Wildman–Crippen MR) is 94.9 cm³/mol. The fourth-order valence-electron chi connectivity index (χ4n) is 3.50. The topological polar surface area (TPSA) is 62.5 Å². The van der Waals surface area contributed by atoms with E-state index in [2.05, 4.69) is 29.6 Å². The average molecular weight is 320 g/mol. The van der Waals surface area contributed by atoms with Crippen LogP contribution in [0.5, 0.6) is 0 Å². The van der Waals surface area contributed by atoms with Gasteiger partial charge in [-0.3, -0.25) is 4.99 Å². The number of rotatable bonds is 7. The average Bonchev–Trinajstić information content (AvgIpc) is 3.14. The van der Waals surface area contributed by atoms with Crippen LogP contribution in [0, 0.1) is 19.3 Å². The zero-order valence-corrected chi connectivity index (χ0v) is 15.2. The number of aryl methyl sites for hydroxylation is 2. The first kappa shape index (κ1) is 17.8. The van der Waals surface area contributed by atoms with Gasteiger partial charge in [-0.1, -0.05) is 24.9 Å². The Balaban J connectivity index is 1.89. The highest BCUT2D eigenvalue weighted by Gasteiger charge is 2.31. The van der Waals surface area contributed by atoms with Crippen molar-refractivity contribution in [3.8, 4) is 0 Å². The first-order valence-electron chi connectivity index (χ1n) is 9.04. The van der Waals surface area contributed by atoms with Gasteiger partial charge >= 0.3 is 0 Å². The van der Waals surface area contributed by atoms with E-state index in [9.17, 15) is 0 Å². The van der Waals surface area contributed by atoms with E-state index < -0.39 is 0 Å². The van der Waals surface area contributed by atoms with E-state index in [-0.39, 0.29) is 0 Å². The summed E-state index contributed by atoms with van der Waals surface area (Å²) < 4.78 is 5.22. The van der Waals surface area contributed by atoms with Crippen LogP contribution in [-0.2, 0) is 6.42 Å². The molecule has 1 saturated carbocycles. The Labute approximate surface area is 140 Å². The SMILES string of the molecule is CCNC(=NCC1(CC)CCCC1)NCCc1c(C)noc1C. The van der Waals surface area contributed by atoms with Crippen molar-refractivity contribution in [2.75, 3.05) is 19.6 Å². The van der Waals surface area contributed by atoms with Crippen LogP contribution in [-0.4, -0.2) is 30.8 Å². The van der Waals surface area contributed by atoms with Gasteiger partial charge in [-0.2, -0.15) is 0 Å². The summed E-state index contributed by atoms with van der Waals surface area (Å²) in [6.07, 6.45) is 7.51. The van der Waals surface area contributed by atoms with Gasteiger partial charge in [0.05, 0.1) is 5.69 Å². The van der Waals surface area contributed by atoms with E-state index in [1.807, 2.05) is 13.8 Å². The predicted octanol–water partition coefficient (Wildman–Crippen LogP) is 3.36. The fraction of sp³-hybridized carbons (Fsp3) is 0.778. The van der Waals surface area contributed by atoms with E-state index >= 15 is 0 Å². The molecule has 0 saturated heterocycles. The maximum atomic E-state index is 5.22. The summed E-state index contributed by atoms with van der Waals surface area (Å²) in [5.41, 5.74) is 2.63. The number of guanidine groups is 1. The fourth-order valence-corrected chi connectivity index (χ4v) is 3.50. The molecule has 0 bridgehead atoms. The first-order chi connectivity index (χ1) is 11.1. The molecule has 23 heavy (non-hydrogen) atoms. The number of hydrogen-bond acceptors (Lipinski definition) is 3. The van der Waals surface area contributed by atoms with Crippen LogP contribution in [0.2, 0.25) is 0 Å². The Kier molecular flexibility index (Phi) is 6.48. The van der Waals surface area contributed by atoms with E-state index in [1.54, 1.807) is 0 Å². The maximum Gasteiger partial charge on any atom is 0.191 e. The molecule has 0 unspecified atom stereocenters. The zero-order chi connectivity index (χ0) is 16.7. The number of nitrogens with one attached hydrogen (secondary N) is 2. The van der Waals surface area contributed by atoms with Crippen molar-refractivity contribution >= 4 is 5.96 Å². The van der Waals surface area contributed by atoms with E-state index in [4.69, 9.17) is 9.52 Å². The second kappa shape index (κ2) is 8.37. The Morgan fingerprint density at radius 1 is 1.22 bits per heavy atom. The summed E-state index contributed by atoms with van der Waals surface area (Å²) in [6, 6.07) is 0. The summed E-state index contributed by atoms with van der Waals surface area (Å²) in [6.45, 7) is 11.0. The molecule has 0 aromatic carbocycles. The third kappa shape index (κ3) is 4.72. The molecule has 1 aromatic heterocycles. The van der Waals surface area contributed by atoms with Gasteiger partial charge in [0.1, 0.15) is 5.76 Å². The molecular formula is C18H32N4O. The lowest BCUT2D eigenvalue weighted by Crippen LogP contribution is -2.39. The van der Waals surface area contributed by atoms with Gasteiger partial charge in [0.15, 0.2) is 5.96 Å². The summed E-state index contributed by atoms with van der Waals surface area (Å²) >= 11 is 0. The van der Waals surface area contributed by atoms with Crippen LogP contribution >= 0.6 is 0 Å². The molecule has 130 valence electrons. The van der Waals surface area contributed by atoms with Crippen LogP contribution in [0.3, 0.4) is 0 Å². The normalized spacial score (nSPS) is 17.5. The second-order valence-electron chi connectivity index (χ2n) is 6.74. The molecule has 5 heteroatoms. The maximum absolute atomic E-state index is 5.22. The zero-order valence-electron chi connectivity index (χ0n) is 15.2. The van der Waals surface area contributed by atoms with Crippen LogP contribution in [0.1, 0.15) is 63.0 Å². The number of nitrogens with zero attached hydrogens (tertiary/aromatic N) is 2. The van der Waals surface area contributed by atoms with Gasteiger partial charge in [0.25, 0.3) is 0 Å². The minimum Gasteiger partial charge on any atom is -0.361 e. The highest BCUT2D eigenvalue weighted by molar-refractivity contribution is 5.79. The molecule has 1 aliphatic rings. The summed E-state index contributed by atoms with van der Waals surface area (Å²) in [5, 5.41) is 10.8. The molecule has 5 nitrogen and oxygen atoms in total. The van der Waals surface area contributed by atoms with Gasteiger partial charge in [-0.05, 0) is 51.9 Å². The minimum absolute atomic E-state index is 0.435. The summed E-state index contributed by atoms with van der Waals surface area (Å²) in [7, 11) is 0. The standard InChI is InChI=1S/C18H32N4O/c1-5-18(10-7-8-11-18)13-21-17(19-6-2)20-12-9-16-14(3)22-23-15(16)4/h5-13H2,1-4H3,(H2,19,20,21). The third-order valence-electron chi connectivity index (χ3n) is 5.18. The van der Waals surface area contributed by atoms with Gasteiger partial charge in [-0.15, -0.1) is 0 Å². The van der Waals surface area contributed by atoms with Crippen molar-refractivity contribution in [1.82, 2.24) is 15.8 Å². The summed E-state index contributed by atoms with van der Waals surface area (Å²) in [4.78, 5) is 4.86. The molecule has 1 heterocycles. The molecule has 0 atom stereocenters. The van der Waals surface area contributed by atoms with Gasteiger partial charge in [0.2, 0.25) is 0 Å². The van der Waals surface area contributed by atoms with Crippen LogP contribution in [0.4, 0.5) is 0 Å². The molecule has 0 spiro atoms. The number of aromatic nitrogens is 1. The van der Waals surface area contributed by atoms with Crippen LogP contribution < -0.4 is 10.6 Å². The Morgan fingerprint density at radius 2 is 1.96 bits per heavy atom. The van der Waals surface area contributed by atoms with Crippen LogP contribution in [0.15, 0.2) is 9.52 Å². The lowest BCUT2D eigenvalue weighted by molar-refractivity contribution is 0.297. The van der Waals surface area contributed by atoms with Crippen molar-refractivity contribution in [2.45, 2.75) is 66.2 Å². The van der Waals surface area contributed by atoms with Crippen molar-refractivity contribution in [3.63, 3.8) is 0 Å². The molecule has 1 fully saturated rings. The largest absolute Gasteiger partial charge is 0.361 e. The van der Waals surface area contributed by atoms with E-state index in [1.165, 1.54) is 37.7 Å². The van der Waals surface area contributed by atoms with Crippen molar-refractivity contribution in [3.05, 3.63) is 17.0 Å². The highest BCUT2D eigenvalue weighted by Crippen LogP contribution is 2.41. The first-order valence-corrected chi connectivity index (χ1v) is 9.04. The van der Waals surface area contributed by atoms with Crippen molar-refractivity contribution < 1.29 is 4.52 Å². The smallest absolute Gasteiger partial charge is 0.191 e. The quantitative estimate of drug-likeness (QED) is 0.597. The monoisotopic (exact) mass is 320 g/mol. The summed E-state index contributed by atoms with van der Waals surface area (Å²) in [5.74, 6) is 1.85. The van der Waals surface area contributed by atoms with Gasteiger partial charge in [-0.25, -0.2) is 0 Å². The third-order valence-corrected chi connectivity index (χ3v) is 5.18. The molecule has 1 aromatic rings. The lowest BCUT2D eigenvalue weighted by Gasteiger charge is -2.25. The Hall–Kier alpha value is -1.52. The van der Waals surface area contributed by atoms with Gasteiger partial charge in [0, 0.05) is 25.2 Å². The van der Waals surface area contributed by atoms with Crippen LogP contribution in [0.25, 0.3) is 0 Å². The molecule has 1 aliphatic carbocycles. The molecule has 0 amide bonds. The number of aliphatic imine (C=N–C) groups is 1. The molecule has 2 rings (SSSR count). The molecule has 2 N–H and O–H groups in total. The van der Waals surface area contributed by atoms with Gasteiger partial charge < -0.3 is 15.2 Å². The van der Waals surface area contributed by atoms with Crippen molar-refractivity contribution in [2.24, 2.45) is 10.4 Å². The Morgan fingerprint density at radius 3 is 2.52 bits per heavy atom. The molecular weight excluding hydrogens is 288 g/mol. The van der Waals surface area contributed by atoms with Crippen molar-refractivity contribution in [1.29, 1.82) is 0 Å². The minimum atomic E-state index is 0.435. The molecule has 0 aliphatic heterocycles. The lowest BCUT2D eigenvalue weighted by atomic mass is 9.84. The van der Waals surface area contributed by atoms with E-state index in [0.29, 0.717) is 5.41 Å². The second-order valence-corrected chi connectivity index (χ2v) is 6.74. The van der Waals surface area contributed by atoms with E-state index in [0.717, 1.165) is 43.5 Å². The Bertz CT molecular complexity index is 496. The molecule has 0 radical (unpaired) electrons. The highest BCUT2D eigenvalue weighted by atomic mass is 16.5.